The molecule has 124 valence electrons. The number of rotatable bonds is 6. The second-order valence-corrected chi connectivity index (χ2v) is 6.37. The first-order chi connectivity index (χ1) is 11.7. The predicted octanol–water partition coefficient (Wildman–Crippen LogP) is 5.07. The lowest BCUT2D eigenvalue weighted by Crippen LogP contribution is -2.07. The van der Waals surface area contributed by atoms with Crippen molar-refractivity contribution in [2.75, 3.05) is 18.5 Å². The molecule has 24 heavy (non-hydrogen) atoms. The van der Waals surface area contributed by atoms with Crippen LogP contribution in [0.2, 0.25) is 0 Å². The van der Waals surface area contributed by atoms with Crippen molar-refractivity contribution in [3.8, 4) is 11.8 Å². The van der Waals surface area contributed by atoms with E-state index < -0.39 is 0 Å². The molecule has 0 saturated carbocycles. The molecule has 0 aliphatic rings. The highest BCUT2D eigenvalue weighted by atomic mass is 79.9. The third kappa shape index (κ3) is 4.99. The highest BCUT2D eigenvalue weighted by Crippen LogP contribution is 2.31. The maximum absolute atomic E-state index is 9.06. The minimum Gasteiger partial charge on any atom is -0.395 e. The normalized spacial score (nSPS) is 9.96. The van der Waals surface area contributed by atoms with Gasteiger partial charge in [0.2, 0.25) is 0 Å². The van der Waals surface area contributed by atoms with Crippen LogP contribution in [0.4, 0.5) is 5.69 Å². The van der Waals surface area contributed by atoms with Crippen LogP contribution in [0.15, 0.2) is 53.5 Å². The Balaban J connectivity index is 2.33. The Labute approximate surface area is 152 Å². The van der Waals surface area contributed by atoms with Crippen molar-refractivity contribution in [2.45, 2.75) is 19.8 Å². The molecule has 2 rings (SSSR count). The van der Waals surface area contributed by atoms with Gasteiger partial charge in [-0.25, -0.2) is 0 Å². The largest absolute Gasteiger partial charge is 0.395 e. The average molecular weight is 384 g/mol. The molecule has 0 fully saturated rings. The highest BCUT2D eigenvalue weighted by Gasteiger charge is 2.09. The molecule has 0 unspecified atom stereocenters. The Bertz CT molecular complexity index is 771. The number of aliphatic hydroxyl groups is 1. The van der Waals surface area contributed by atoms with Gasteiger partial charge in [0.25, 0.3) is 0 Å². The fourth-order valence-corrected chi connectivity index (χ4v) is 2.70. The molecule has 3 heteroatoms. The molecule has 0 heterocycles. The zero-order valence-corrected chi connectivity index (χ0v) is 15.5. The van der Waals surface area contributed by atoms with E-state index in [1.165, 1.54) is 0 Å². The molecule has 0 aromatic heterocycles. The van der Waals surface area contributed by atoms with Gasteiger partial charge in [0, 0.05) is 34.3 Å². The monoisotopic (exact) mass is 383 g/mol. The Hall–Kier alpha value is -2.02. The lowest BCUT2D eigenvalue weighted by molar-refractivity contribution is 0.311. The van der Waals surface area contributed by atoms with Gasteiger partial charge < -0.3 is 10.4 Å². The van der Waals surface area contributed by atoms with Crippen molar-refractivity contribution >= 4 is 27.2 Å². The zero-order valence-electron chi connectivity index (χ0n) is 13.9. The van der Waals surface area contributed by atoms with Crippen molar-refractivity contribution in [1.82, 2.24) is 0 Å². The fourth-order valence-electron chi connectivity index (χ4n) is 2.34. The van der Waals surface area contributed by atoms with Gasteiger partial charge in [0.05, 0.1) is 6.61 Å². The van der Waals surface area contributed by atoms with E-state index in [1.807, 2.05) is 36.4 Å². The highest BCUT2D eigenvalue weighted by molar-refractivity contribution is 9.10. The van der Waals surface area contributed by atoms with E-state index in [2.05, 4.69) is 52.7 Å². The maximum atomic E-state index is 9.06. The van der Waals surface area contributed by atoms with Crippen molar-refractivity contribution in [1.29, 1.82) is 0 Å². The van der Waals surface area contributed by atoms with E-state index in [0.717, 1.165) is 45.3 Å². The van der Waals surface area contributed by atoms with Crippen LogP contribution in [0.3, 0.4) is 0 Å². The van der Waals surface area contributed by atoms with Crippen LogP contribution in [0.25, 0.3) is 5.57 Å². The number of benzene rings is 2. The number of nitrogens with one attached hydrogen (secondary N) is 1. The summed E-state index contributed by atoms with van der Waals surface area (Å²) in [4.78, 5) is 0. The van der Waals surface area contributed by atoms with Crippen LogP contribution >= 0.6 is 15.9 Å². The minimum atomic E-state index is 0.0878. The van der Waals surface area contributed by atoms with Crippen LogP contribution < -0.4 is 5.32 Å². The first-order valence-electron chi connectivity index (χ1n) is 8.08. The molecule has 0 saturated heterocycles. The molecule has 0 radical (unpaired) electrons. The van der Waals surface area contributed by atoms with Gasteiger partial charge in [0.15, 0.2) is 0 Å². The molecular weight excluding hydrogens is 362 g/mol. The Kier molecular flexibility index (Phi) is 7.11. The lowest BCUT2D eigenvalue weighted by atomic mass is 9.96. The minimum absolute atomic E-state index is 0.0878. The first-order valence-corrected chi connectivity index (χ1v) is 8.88. The van der Waals surface area contributed by atoms with Crippen molar-refractivity contribution in [2.24, 2.45) is 0 Å². The third-order valence-electron chi connectivity index (χ3n) is 3.55. The number of anilines is 1. The molecule has 0 spiro atoms. The molecule has 0 bridgehead atoms. The number of hydrogen-bond acceptors (Lipinski definition) is 2. The second-order valence-electron chi connectivity index (χ2n) is 5.45. The number of unbranched alkanes of at least 4 members (excludes halogenated alkanes) is 1. The number of aliphatic hydroxyl groups excluding tert-OH is 1. The lowest BCUT2D eigenvalue weighted by Gasteiger charge is -2.14. The van der Waals surface area contributed by atoms with Gasteiger partial charge in [0.1, 0.15) is 0 Å². The van der Waals surface area contributed by atoms with Crippen LogP contribution in [0.5, 0.6) is 0 Å². The molecule has 2 N–H and O–H groups in total. The van der Waals surface area contributed by atoms with Gasteiger partial charge in [-0.05, 0) is 47.9 Å². The van der Waals surface area contributed by atoms with E-state index in [0.29, 0.717) is 6.54 Å². The zero-order chi connectivity index (χ0) is 17.4. The summed E-state index contributed by atoms with van der Waals surface area (Å²) in [5, 5.41) is 12.3. The first kappa shape index (κ1) is 18.3. The van der Waals surface area contributed by atoms with Gasteiger partial charge in [-0.15, -0.1) is 0 Å². The van der Waals surface area contributed by atoms with Crippen molar-refractivity contribution in [3.05, 3.63) is 70.2 Å². The number of hydrogen-bond donors (Lipinski definition) is 2. The van der Waals surface area contributed by atoms with Gasteiger partial charge in [-0.1, -0.05) is 53.4 Å². The molecular formula is C21H22BrNO. The molecule has 2 aromatic carbocycles. The summed E-state index contributed by atoms with van der Waals surface area (Å²) in [7, 11) is 0. The average Bonchev–Trinajstić information content (AvgIpc) is 2.60. The van der Waals surface area contributed by atoms with E-state index in [4.69, 9.17) is 5.11 Å². The summed E-state index contributed by atoms with van der Waals surface area (Å²) in [6.45, 7) is 6.99. The number of halogens is 1. The Morgan fingerprint density at radius 2 is 2.08 bits per heavy atom. The molecule has 2 aromatic rings. The van der Waals surface area contributed by atoms with Crippen molar-refractivity contribution < 1.29 is 5.11 Å². The molecule has 2 nitrogen and oxygen atoms in total. The Morgan fingerprint density at radius 3 is 2.83 bits per heavy atom. The molecule has 0 aliphatic heterocycles. The van der Waals surface area contributed by atoms with E-state index in [-0.39, 0.29) is 6.61 Å². The Morgan fingerprint density at radius 1 is 1.25 bits per heavy atom. The molecule has 0 amide bonds. The van der Waals surface area contributed by atoms with E-state index in [9.17, 15) is 0 Å². The van der Waals surface area contributed by atoms with Crippen LogP contribution in [0, 0.1) is 11.8 Å². The molecule has 0 atom stereocenters. The molecule has 0 aliphatic carbocycles. The standard InChI is InChI=1S/C21H22BrNO/c1-3-4-5-7-17-8-6-9-18(14-17)16(2)20-15-19(22)10-11-21(20)23-12-13-24/h6,8-11,14-15,23-24H,2-4,12-13H2,1H3. The topological polar surface area (TPSA) is 32.3 Å². The third-order valence-corrected chi connectivity index (χ3v) is 4.05. The van der Waals surface area contributed by atoms with Crippen molar-refractivity contribution in [3.63, 3.8) is 0 Å². The van der Waals surface area contributed by atoms with Crippen LogP contribution in [-0.2, 0) is 0 Å². The summed E-state index contributed by atoms with van der Waals surface area (Å²) in [5.74, 6) is 6.38. The SMILES string of the molecule is C=C(c1cccc(C#CCCC)c1)c1cc(Br)ccc1NCCO. The second kappa shape index (κ2) is 9.32. The maximum Gasteiger partial charge on any atom is 0.0604 e. The van der Waals surface area contributed by atoms with Gasteiger partial charge in [-0.3, -0.25) is 0 Å². The summed E-state index contributed by atoms with van der Waals surface area (Å²) >= 11 is 3.52. The summed E-state index contributed by atoms with van der Waals surface area (Å²) in [6, 6.07) is 14.2. The predicted molar refractivity (Wildman–Crippen MR) is 106 cm³/mol. The fraction of sp³-hybridized carbons (Fsp3) is 0.238. The van der Waals surface area contributed by atoms with E-state index in [1.54, 1.807) is 0 Å². The van der Waals surface area contributed by atoms with Gasteiger partial charge >= 0.3 is 0 Å². The van der Waals surface area contributed by atoms with Crippen LogP contribution in [-0.4, -0.2) is 18.3 Å². The van der Waals surface area contributed by atoms with E-state index >= 15 is 0 Å². The smallest absolute Gasteiger partial charge is 0.0604 e. The quantitative estimate of drug-likeness (QED) is 0.682. The van der Waals surface area contributed by atoms with Crippen LogP contribution in [0.1, 0.15) is 36.5 Å². The summed E-state index contributed by atoms with van der Waals surface area (Å²) < 4.78 is 0.993. The van der Waals surface area contributed by atoms with Gasteiger partial charge in [-0.2, -0.15) is 0 Å². The summed E-state index contributed by atoms with van der Waals surface area (Å²) in [6.07, 6.45) is 1.98. The summed E-state index contributed by atoms with van der Waals surface area (Å²) in [5.41, 5.74) is 4.94.